The van der Waals surface area contributed by atoms with Crippen molar-refractivity contribution < 1.29 is 4.79 Å². The number of pyridine rings is 1. The summed E-state index contributed by atoms with van der Waals surface area (Å²) in [5, 5.41) is 0. The maximum absolute atomic E-state index is 10.6. The summed E-state index contributed by atoms with van der Waals surface area (Å²) in [6.07, 6.45) is 4.57. The summed E-state index contributed by atoms with van der Waals surface area (Å²) >= 11 is 0. The first-order valence-electron chi connectivity index (χ1n) is 4.12. The Kier molecular flexibility index (Phi) is 1.65. The van der Waals surface area contributed by atoms with Crippen molar-refractivity contribution in [1.29, 1.82) is 0 Å². The normalized spacial score (nSPS) is 10.6. The number of hydrogen-bond acceptors (Lipinski definition) is 2. The molecule has 0 fully saturated rings. The molecule has 3 nitrogen and oxygen atoms in total. The van der Waals surface area contributed by atoms with Gasteiger partial charge in [-0.1, -0.05) is 0 Å². The van der Waals surface area contributed by atoms with Gasteiger partial charge in [0.05, 0.1) is 5.69 Å². The quantitative estimate of drug-likeness (QED) is 0.617. The Morgan fingerprint density at radius 2 is 2.15 bits per heavy atom. The summed E-state index contributed by atoms with van der Waals surface area (Å²) in [6.45, 7) is 3.84. The van der Waals surface area contributed by atoms with E-state index in [1.165, 1.54) is 0 Å². The van der Waals surface area contributed by atoms with Crippen LogP contribution in [0, 0.1) is 13.8 Å². The summed E-state index contributed by atoms with van der Waals surface area (Å²) in [6, 6.07) is 1.91. The molecule has 2 rings (SSSR count). The predicted molar refractivity (Wildman–Crippen MR) is 50.1 cm³/mol. The number of carbonyl (C=O) groups excluding carboxylic acids is 1. The van der Waals surface area contributed by atoms with Crippen LogP contribution in [0.2, 0.25) is 0 Å². The molecule has 0 aliphatic heterocycles. The van der Waals surface area contributed by atoms with Crippen molar-refractivity contribution in [1.82, 2.24) is 9.38 Å². The van der Waals surface area contributed by atoms with Crippen molar-refractivity contribution in [2.24, 2.45) is 0 Å². The zero-order chi connectivity index (χ0) is 9.42. The molecule has 13 heavy (non-hydrogen) atoms. The Morgan fingerprint density at radius 3 is 2.85 bits per heavy atom. The third kappa shape index (κ3) is 1.22. The van der Waals surface area contributed by atoms with E-state index in [-0.39, 0.29) is 0 Å². The van der Waals surface area contributed by atoms with Crippen LogP contribution in [0.1, 0.15) is 21.6 Å². The Bertz CT molecular complexity index is 471. The molecular weight excluding hydrogens is 164 g/mol. The molecule has 2 aromatic rings. The van der Waals surface area contributed by atoms with Crippen molar-refractivity contribution in [3.63, 3.8) is 0 Å². The van der Waals surface area contributed by atoms with Crippen LogP contribution in [-0.2, 0) is 0 Å². The highest BCUT2D eigenvalue weighted by molar-refractivity contribution is 5.77. The van der Waals surface area contributed by atoms with Crippen molar-refractivity contribution in [2.45, 2.75) is 13.8 Å². The van der Waals surface area contributed by atoms with Crippen LogP contribution < -0.4 is 0 Å². The molecule has 0 aliphatic rings. The highest BCUT2D eigenvalue weighted by atomic mass is 16.1. The number of aryl methyl sites for hydroxylation is 2. The minimum Gasteiger partial charge on any atom is -0.306 e. The summed E-state index contributed by atoms with van der Waals surface area (Å²) < 4.78 is 1.87. The number of aldehydes is 1. The van der Waals surface area contributed by atoms with Gasteiger partial charge in [-0.25, -0.2) is 4.98 Å². The molecule has 3 heteroatoms. The average Bonchev–Trinajstić information content (AvgIpc) is 2.42. The lowest BCUT2D eigenvalue weighted by atomic mass is 10.2. The molecule has 0 aromatic carbocycles. The van der Waals surface area contributed by atoms with Gasteiger partial charge in [0.1, 0.15) is 5.65 Å². The highest BCUT2D eigenvalue weighted by Gasteiger charge is 2.01. The fourth-order valence-corrected chi connectivity index (χ4v) is 1.40. The van der Waals surface area contributed by atoms with Gasteiger partial charge in [-0.15, -0.1) is 0 Å². The van der Waals surface area contributed by atoms with E-state index in [0.29, 0.717) is 5.56 Å². The van der Waals surface area contributed by atoms with Crippen molar-refractivity contribution in [3.8, 4) is 0 Å². The van der Waals surface area contributed by atoms with Crippen molar-refractivity contribution in [3.05, 3.63) is 35.3 Å². The van der Waals surface area contributed by atoms with Gasteiger partial charge in [0, 0.05) is 18.0 Å². The smallest absolute Gasteiger partial charge is 0.151 e. The van der Waals surface area contributed by atoms with Crippen LogP contribution in [0.4, 0.5) is 0 Å². The molecule has 66 valence electrons. The monoisotopic (exact) mass is 174 g/mol. The van der Waals surface area contributed by atoms with Crippen LogP contribution >= 0.6 is 0 Å². The van der Waals surface area contributed by atoms with Crippen molar-refractivity contribution >= 4 is 11.9 Å². The Morgan fingerprint density at radius 1 is 1.38 bits per heavy atom. The molecule has 0 radical (unpaired) electrons. The van der Waals surface area contributed by atoms with E-state index in [0.717, 1.165) is 23.2 Å². The maximum atomic E-state index is 10.6. The molecule has 0 unspecified atom stereocenters. The van der Waals surface area contributed by atoms with Gasteiger partial charge in [-0.3, -0.25) is 4.79 Å². The second-order valence-corrected chi connectivity index (χ2v) is 3.18. The van der Waals surface area contributed by atoms with Crippen molar-refractivity contribution in [2.75, 3.05) is 0 Å². The number of nitrogens with zero attached hydrogens (tertiary/aromatic N) is 2. The molecule has 0 saturated carbocycles. The van der Waals surface area contributed by atoms with Crippen LogP contribution in [-0.4, -0.2) is 15.7 Å². The first-order chi connectivity index (χ1) is 6.20. The zero-order valence-corrected chi connectivity index (χ0v) is 7.61. The second-order valence-electron chi connectivity index (χ2n) is 3.18. The third-order valence-electron chi connectivity index (χ3n) is 2.09. The molecule has 0 atom stereocenters. The van der Waals surface area contributed by atoms with Gasteiger partial charge in [0.25, 0.3) is 0 Å². The van der Waals surface area contributed by atoms with Gasteiger partial charge in [0.2, 0.25) is 0 Å². The van der Waals surface area contributed by atoms with E-state index in [1.807, 2.05) is 30.5 Å². The molecule has 0 amide bonds. The van der Waals surface area contributed by atoms with Gasteiger partial charge >= 0.3 is 0 Å². The maximum Gasteiger partial charge on any atom is 0.151 e. The fourth-order valence-electron chi connectivity index (χ4n) is 1.40. The van der Waals surface area contributed by atoms with Crippen LogP contribution in [0.25, 0.3) is 5.65 Å². The second kappa shape index (κ2) is 2.69. The minimum atomic E-state index is 0.713. The first-order valence-corrected chi connectivity index (χ1v) is 4.12. The number of rotatable bonds is 1. The Balaban J connectivity index is 2.79. The standard InChI is InChI=1S/C10H10N2O/c1-7-3-10-11-8(2)4-12(10)5-9(7)6-13/h3-6H,1-2H3. The third-order valence-corrected chi connectivity index (χ3v) is 2.09. The van der Waals surface area contributed by atoms with E-state index >= 15 is 0 Å². The molecular formula is C10H10N2O. The number of aromatic nitrogens is 2. The molecule has 2 heterocycles. The van der Waals surface area contributed by atoms with Crippen LogP contribution in [0.5, 0.6) is 0 Å². The number of hydrogen-bond donors (Lipinski definition) is 0. The van der Waals surface area contributed by atoms with Gasteiger partial charge < -0.3 is 4.40 Å². The topological polar surface area (TPSA) is 34.4 Å². The molecule has 2 aromatic heterocycles. The summed E-state index contributed by atoms with van der Waals surface area (Å²) in [7, 11) is 0. The van der Waals surface area contributed by atoms with Gasteiger partial charge in [-0.2, -0.15) is 0 Å². The largest absolute Gasteiger partial charge is 0.306 e. The molecule has 0 aliphatic carbocycles. The minimum absolute atomic E-state index is 0.713. The molecule has 0 bridgehead atoms. The van der Waals surface area contributed by atoms with E-state index in [4.69, 9.17) is 0 Å². The van der Waals surface area contributed by atoms with E-state index in [9.17, 15) is 4.79 Å². The summed E-state index contributed by atoms with van der Waals surface area (Å²) in [4.78, 5) is 14.9. The van der Waals surface area contributed by atoms with Crippen LogP contribution in [0.15, 0.2) is 18.5 Å². The predicted octanol–water partition coefficient (Wildman–Crippen LogP) is 1.76. The number of imidazole rings is 1. The molecule has 0 spiro atoms. The lowest BCUT2D eigenvalue weighted by Gasteiger charge is -1.98. The van der Waals surface area contributed by atoms with E-state index < -0.39 is 0 Å². The summed E-state index contributed by atoms with van der Waals surface area (Å²) in [5.41, 5.74) is 3.53. The van der Waals surface area contributed by atoms with E-state index in [2.05, 4.69) is 4.98 Å². The lowest BCUT2D eigenvalue weighted by Crippen LogP contribution is -1.91. The Hall–Kier alpha value is -1.64. The average molecular weight is 174 g/mol. The SMILES string of the molecule is Cc1cn2cc(C=O)c(C)cc2n1. The lowest BCUT2D eigenvalue weighted by molar-refractivity contribution is 0.112. The molecule has 0 N–H and O–H groups in total. The Labute approximate surface area is 76.0 Å². The van der Waals surface area contributed by atoms with E-state index in [1.54, 1.807) is 6.20 Å². The van der Waals surface area contributed by atoms with Gasteiger partial charge in [-0.05, 0) is 25.5 Å². The fraction of sp³-hybridized carbons (Fsp3) is 0.200. The number of carbonyl (C=O) groups is 1. The van der Waals surface area contributed by atoms with Gasteiger partial charge in [0.15, 0.2) is 6.29 Å². The highest BCUT2D eigenvalue weighted by Crippen LogP contribution is 2.10. The summed E-state index contributed by atoms with van der Waals surface area (Å²) in [5.74, 6) is 0. The zero-order valence-electron chi connectivity index (χ0n) is 7.61. The first kappa shape index (κ1) is 7.98. The van der Waals surface area contributed by atoms with Crippen LogP contribution in [0.3, 0.4) is 0 Å². The molecule has 0 saturated heterocycles. The number of fused-ring (bicyclic) bond motifs is 1.